The van der Waals surface area contributed by atoms with Crippen LogP contribution in [0.15, 0.2) is 30.3 Å². The molecule has 106 valence electrons. The van der Waals surface area contributed by atoms with E-state index >= 15 is 0 Å². The smallest absolute Gasteiger partial charge is 0.356 e. The Morgan fingerprint density at radius 1 is 1.35 bits per heavy atom. The molecule has 5 heteroatoms. The number of hydrogen-bond acceptors (Lipinski definition) is 3. The van der Waals surface area contributed by atoms with E-state index in [0.717, 1.165) is 30.0 Å². The van der Waals surface area contributed by atoms with Crippen molar-refractivity contribution in [2.75, 3.05) is 6.61 Å². The van der Waals surface area contributed by atoms with Crippen LogP contribution in [0.5, 0.6) is 5.75 Å². The van der Waals surface area contributed by atoms with E-state index in [2.05, 4.69) is 12.0 Å². The second-order valence-electron chi connectivity index (χ2n) is 4.58. The fraction of sp³-hybridized carbons (Fsp3) is 0.333. The van der Waals surface area contributed by atoms with Gasteiger partial charge in [0, 0.05) is 5.69 Å². The van der Waals surface area contributed by atoms with Crippen molar-refractivity contribution in [2.45, 2.75) is 26.7 Å². The molecule has 0 fully saturated rings. The molecular weight excluding hydrogens is 256 g/mol. The Bertz CT molecular complexity index is 588. The third-order valence-corrected chi connectivity index (χ3v) is 2.95. The number of aryl methyl sites for hydroxylation is 1. The summed E-state index contributed by atoms with van der Waals surface area (Å²) in [5, 5.41) is 13.0. The summed E-state index contributed by atoms with van der Waals surface area (Å²) >= 11 is 0. The Hall–Kier alpha value is -2.30. The Morgan fingerprint density at radius 3 is 2.60 bits per heavy atom. The van der Waals surface area contributed by atoms with Crippen LogP contribution in [0.25, 0.3) is 5.69 Å². The van der Waals surface area contributed by atoms with Crippen LogP contribution in [0, 0.1) is 6.92 Å². The van der Waals surface area contributed by atoms with Gasteiger partial charge in [-0.15, -0.1) is 0 Å². The lowest BCUT2D eigenvalue weighted by molar-refractivity contribution is 0.0690. The van der Waals surface area contributed by atoms with Crippen molar-refractivity contribution in [1.82, 2.24) is 9.78 Å². The van der Waals surface area contributed by atoms with Gasteiger partial charge >= 0.3 is 5.97 Å². The first-order valence-electron chi connectivity index (χ1n) is 6.65. The van der Waals surface area contributed by atoms with Crippen LogP contribution >= 0.6 is 0 Å². The molecule has 0 aliphatic rings. The highest BCUT2D eigenvalue weighted by Crippen LogP contribution is 2.17. The number of nitrogens with zero attached hydrogens (tertiary/aromatic N) is 2. The molecule has 1 heterocycles. The van der Waals surface area contributed by atoms with Gasteiger partial charge in [-0.1, -0.05) is 13.3 Å². The second kappa shape index (κ2) is 6.23. The summed E-state index contributed by atoms with van der Waals surface area (Å²) in [7, 11) is 0. The Morgan fingerprint density at radius 2 is 2.05 bits per heavy atom. The van der Waals surface area contributed by atoms with Crippen molar-refractivity contribution in [1.29, 1.82) is 0 Å². The lowest BCUT2D eigenvalue weighted by atomic mass is 10.3. The zero-order valence-corrected chi connectivity index (χ0v) is 11.7. The van der Waals surface area contributed by atoms with Gasteiger partial charge in [0.1, 0.15) is 5.75 Å². The average Bonchev–Trinajstić information content (AvgIpc) is 2.82. The maximum Gasteiger partial charge on any atom is 0.356 e. The molecule has 20 heavy (non-hydrogen) atoms. The fourth-order valence-corrected chi connectivity index (χ4v) is 1.86. The number of rotatable bonds is 6. The zero-order valence-electron chi connectivity index (χ0n) is 11.7. The van der Waals surface area contributed by atoms with Gasteiger partial charge in [0.2, 0.25) is 0 Å². The minimum absolute atomic E-state index is 0.0470. The quantitative estimate of drug-likeness (QED) is 0.822. The molecule has 0 amide bonds. The van der Waals surface area contributed by atoms with Gasteiger partial charge < -0.3 is 9.84 Å². The lowest BCUT2D eigenvalue weighted by Gasteiger charge is -2.07. The molecule has 0 aliphatic heterocycles. The standard InChI is InChI=1S/C15H18N2O3/c1-3-4-9-20-13-7-5-12(6-8-13)17-11(2)10-14(16-17)15(18)19/h5-8,10H,3-4,9H2,1-2H3,(H,18,19). The molecule has 0 saturated heterocycles. The first kappa shape index (κ1) is 14.1. The first-order valence-corrected chi connectivity index (χ1v) is 6.65. The Kier molecular flexibility index (Phi) is 4.40. The molecule has 1 aromatic heterocycles. The second-order valence-corrected chi connectivity index (χ2v) is 4.58. The summed E-state index contributed by atoms with van der Waals surface area (Å²) in [6.07, 6.45) is 2.13. The lowest BCUT2D eigenvalue weighted by Crippen LogP contribution is -2.02. The molecule has 0 saturated carbocycles. The maximum atomic E-state index is 10.9. The molecule has 5 nitrogen and oxygen atoms in total. The number of aromatic nitrogens is 2. The van der Waals surface area contributed by atoms with E-state index in [-0.39, 0.29) is 5.69 Å². The van der Waals surface area contributed by atoms with Crippen LogP contribution in [0.1, 0.15) is 35.9 Å². The molecule has 1 aromatic carbocycles. The van der Waals surface area contributed by atoms with Gasteiger partial charge in [0.25, 0.3) is 0 Å². The van der Waals surface area contributed by atoms with E-state index in [4.69, 9.17) is 9.84 Å². The van der Waals surface area contributed by atoms with Crippen molar-refractivity contribution in [2.24, 2.45) is 0 Å². The maximum absolute atomic E-state index is 10.9. The summed E-state index contributed by atoms with van der Waals surface area (Å²) in [6, 6.07) is 9.02. The number of ether oxygens (including phenoxy) is 1. The molecule has 2 rings (SSSR count). The topological polar surface area (TPSA) is 64.4 Å². The van der Waals surface area contributed by atoms with Crippen LogP contribution in [0.3, 0.4) is 0 Å². The van der Waals surface area contributed by atoms with Crippen molar-refractivity contribution in [3.05, 3.63) is 41.7 Å². The highest BCUT2D eigenvalue weighted by molar-refractivity contribution is 5.85. The largest absolute Gasteiger partial charge is 0.494 e. The monoisotopic (exact) mass is 274 g/mol. The summed E-state index contributed by atoms with van der Waals surface area (Å²) in [4.78, 5) is 10.9. The molecule has 0 radical (unpaired) electrons. The highest BCUT2D eigenvalue weighted by Gasteiger charge is 2.11. The third-order valence-electron chi connectivity index (χ3n) is 2.95. The first-order chi connectivity index (χ1) is 9.61. The molecule has 0 unspecified atom stereocenters. The predicted octanol–water partition coefficient (Wildman–Crippen LogP) is 3.06. The van der Waals surface area contributed by atoms with E-state index < -0.39 is 5.97 Å². The summed E-state index contributed by atoms with van der Waals surface area (Å²) < 4.78 is 7.20. The third kappa shape index (κ3) is 3.17. The number of carboxylic acids is 1. The summed E-state index contributed by atoms with van der Waals surface area (Å²) in [5.74, 6) is -0.211. The van der Waals surface area contributed by atoms with Gasteiger partial charge in [0.15, 0.2) is 5.69 Å². The predicted molar refractivity (Wildman–Crippen MR) is 75.7 cm³/mol. The van der Waals surface area contributed by atoms with Crippen LogP contribution < -0.4 is 4.74 Å². The molecule has 2 aromatic rings. The summed E-state index contributed by atoms with van der Waals surface area (Å²) in [6.45, 7) is 4.65. The van der Waals surface area contributed by atoms with Crippen molar-refractivity contribution in [3.8, 4) is 11.4 Å². The molecule has 0 aliphatic carbocycles. The van der Waals surface area contributed by atoms with Crippen molar-refractivity contribution < 1.29 is 14.6 Å². The van der Waals surface area contributed by atoms with Crippen LogP contribution in [0.4, 0.5) is 0 Å². The van der Waals surface area contributed by atoms with Gasteiger partial charge in [-0.2, -0.15) is 5.10 Å². The average molecular weight is 274 g/mol. The van der Waals surface area contributed by atoms with Gasteiger partial charge in [-0.3, -0.25) is 0 Å². The number of hydrogen-bond donors (Lipinski definition) is 1. The minimum atomic E-state index is -1.02. The minimum Gasteiger partial charge on any atom is -0.494 e. The molecule has 0 spiro atoms. The fourth-order valence-electron chi connectivity index (χ4n) is 1.86. The highest BCUT2D eigenvalue weighted by atomic mass is 16.5. The molecular formula is C15H18N2O3. The number of unbranched alkanes of at least 4 members (excludes halogenated alkanes) is 1. The van der Waals surface area contributed by atoms with E-state index in [1.165, 1.54) is 0 Å². The van der Waals surface area contributed by atoms with Crippen molar-refractivity contribution in [3.63, 3.8) is 0 Å². The van der Waals surface area contributed by atoms with E-state index in [9.17, 15) is 4.79 Å². The SMILES string of the molecule is CCCCOc1ccc(-n2nc(C(=O)O)cc2C)cc1. The number of carbonyl (C=O) groups is 1. The van der Waals surface area contributed by atoms with E-state index in [1.54, 1.807) is 10.7 Å². The van der Waals surface area contributed by atoms with Crippen molar-refractivity contribution >= 4 is 5.97 Å². The molecule has 0 bridgehead atoms. The number of carboxylic acid groups (broad SMARTS) is 1. The van der Waals surface area contributed by atoms with Gasteiger partial charge in [0.05, 0.1) is 12.3 Å². The van der Waals surface area contributed by atoms with Crippen LogP contribution in [0.2, 0.25) is 0 Å². The molecule has 1 N–H and O–H groups in total. The number of benzene rings is 1. The normalized spacial score (nSPS) is 10.5. The Balaban J connectivity index is 2.15. The number of aromatic carboxylic acids is 1. The van der Waals surface area contributed by atoms with Gasteiger partial charge in [-0.05, 0) is 43.7 Å². The molecule has 0 atom stereocenters. The zero-order chi connectivity index (χ0) is 14.5. The van der Waals surface area contributed by atoms with E-state index in [1.807, 2.05) is 31.2 Å². The summed E-state index contributed by atoms with van der Waals surface area (Å²) in [5.41, 5.74) is 1.64. The van der Waals surface area contributed by atoms with E-state index in [0.29, 0.717) is 6.61 Å². The Labute approximate surface area is 117 Å². The van der Waals surface area contributed by atoms with Crippen LogP contribution in [-0.2, 0) is 0 Å². The van der Waals surface area contributed by atoms with Crippen LogP contribution in [-0.4, -0.2) is 27.5 Å². The van der Waals surface area contributed by atoms with Gasteiger partial charge in [-0.25, -0.2) is 9.48 Å².